The topological polar surface area (TPSA) is 68.8 Å². The molecular formula is C26H24FN5O. The van der Waals surface area contributed by atoms with E-state index in [1.165, 1.54) is 6.07 Å². The van der Waals surface area contributed by atoms with Gasteiger partial charge in [0.25, 0.3) is 0 Å². The molecule has 33 heavy (non-hydrogen) atoms. The molecule has 2 aromatic carbocycles. The maximum Gasteiger partial charge on any atom is 0.134 e. The lowest BCUT2D eigenvalue weighted by Crippen LogP contribution is -2.09. The lowest BCUT2D eigenvalue weighted by molar-refractivity contribution is 0.613. The molecule has 5 rings (SSSR count). The number of halogens is 1. The standard InChI is InChI=1S/C26H24FN5O/c1-15-14-33-25-8-6-19(10-21(15)25)24-11-26(31-17(3)30-24)29-16(2)18-5-7-23(27)22(9-18)20-12-28-32(4)13-20/h5-14,16H,1-4H3,(H,29,30,31). The first-order valence-electron chi connectivity index (χ1n) is 10.8. The van der Waals surface area contributed by atoms with E-state index in [0.717, 1.165) is 38.9 Å². The van der Waals surface area contributed by atoms with Crippen LogP contribution in [0.3, 0.4) is 0 Å². The zero-order valence-electron chi connectivity index (χ0n) is 18.9. The molecule has 0 amide bonds. The number of furan rings is 1. The van der Waals surface area contributed by atoms with E-state index in [1.54, 1.807) is 29.4 Å². The number of rotatable bonds is 5. The van der Waals surface area contributed by atoms with Crippen molar-refractivity contribution in [1.29, 1.82) is 0 Å². The van der Waals surface area contributed by atoms with E-state index < -0.39 is 0 Å². The molecule has 6 nitrogen and oxygen atoms in total. The van der Waals surface area contributed by atoms with Gasteiger partial charge in [-0.25, -0.2) is 14.4 Å². The molecule has 0 aliphatic heterocycles. The zero-order chi connectivity index (χ0) is 23.1. The van der Waals surface area contributed by atoms with Gasteiger partial charge in [-0.05, 0) is 62.2 Å². The molecule has 0 aliphatic rings. The van der Waals surface area contributed by atoms with Gasteiger partial charge in [0.1, 0.15) is 23.0 Å². The number of benzene rings is 2. The van der Waals surface area contributed by atoms with Crippen molar-refractivity contribution >= 4 is 16.8 Å². The normalized spacial score (nSPS) is 12.3. The van der Waals surface area contributed by atoms with Gasteiger partial charge in [-0.2, -0.15) is 5.10 Å². The summed E-state index contributed by atoms with van der Waals surface area (Å²) in [6.45, 7) is 5.93. The van der Waals surface area contributed by atoms with Gasteiger partial charge in [0.2, 0.25) is 0 Å². The maximum absolute atomic E-state index is 14.5. The van der Waals surface area contributed by atoms with Crippen molar-refractivity contribution in [2.45, 2.75) is 26.8 Å². The van der Waals surface area contributed by atoms with E-state index in [0.29, 0.717) is 17.2 Å². The third-order valence-electron chi connectivity index (χ3n) is 5.77. The second-order valence-electron chi connectivity index (χ2n) is 8.32. The summed E-state index contributed by atoms with van der Waals surface area (Å²) in [5.74, 6) is 1.10. The minimum atomic E-state index is -0.274. The third-order valence-corrected chi connectivity index (χ3v) is 5.77. The summed E-state index contributed by atoms with van der Waals surface area (Å²) in [5, 5.41) is 8.67. The van der Waals surface area contributed by atoms with Crippen LogP contribution in [0.15, 0.2) is 65.5 Å². The highest BCUT2D eigenvalue weighted by Gasteiger charge is 2.14. The molecule has 0 saturated heterocycles. The van der Waals surface area contributed by atoms with E-state index in [-0.39, 0.29) is 11.9 Å². The van der Waals surface area contributed by atoms with E-state index >= 15 is 0 Å². The Morgan fingerprint density at radius 1 is 1.03 bits per heavy atom. The minimum Gasteiger partial charge on any atom is -0.464 e. The van der Waals surface area contributed by atoms with Crippen LogP contribution in [-0.2, 0) is 7.05 Å². The molecule has 1 unspecified atom stereocenters. The Balaban J connectivity index is 1.45. The monoisotopic (exact) mass is 441 g/mol. The highest BCUT2D eigenvalue weighted by molar-refractivity contribution is 5.85. The molecule has 3 heterocycles. The van der Waals surface area contributed by atoms with Gasteiger partial charge in [0.15, 0.2) is 0 Å². The van der Waals surface area contributed by atoms with Gasteiger partial charge in [0.05, 0.1) is 18.2 Å². The number of nitrogens with zero attached hydrogens (tertiary/aromatic N) is 4. The molecule has 3 aromatic heterocycles. The Morgan fingerprint density at radius 2 is 1.88 bits per heavy atom. The molecule has 0 bridgehead atoms. The highest BCUT2D eigenvalue weighted by Crippen LogP contribution is 2.30. The van der Waals surface area contributed by atoms with Crippen molar-refractivity contribution in [3.8, 4) is 22.4 Å². The SMILES string of the molecule is Cc1nc(NC(C)c2ccc(F)c(-c3cnn(C)c3)c2)cc(-c2ccc3occ(C)c3c2)n1. The molecule has 0 aliphatic carbocycles. The Morgan fingerprint density at radius 3 is 2.67 bits per heavy atom. The Bertz CT molecular complexity index is 1470. The molecule has 5 aromatic rings. The van der Waals surface area contributed by atoms with Crippen LogP contribution in [-0.4, -0.2) is 19.7 Å². The number of aryl methyl sites for hydroxylation is 3. The van der Waals surface area contributed by atoms with Gasteiger partial charge in [-0.3, -0.25) is 4.68 Å². The summed E-state index contributed by atoms with van der Waals surface area (Å²) in [4.78, 5) is 9.20. The summed E-state index contributed by atoms with van der Waals surface area (Å²) >= 11 is 0. The maximum atomic E-state index is 14.5. The molecule has 1 N–H and O–H groups in total. The van der Waals surface area contributed by atoms with Crippen molar-refractivity contribution in [3.05, 3.63) is 83.9 Å². The molecule has 0 fully saturated rings. The largest absolute Gasteiger partial charge is 0.464 e. The fourth-order valence-electron chi connectivity index (χ4n) is 4.00. The highest BCUT2D eigenvalue weighted by atomic mass is 19.1. The third kappa shape index (κ3) is 4.09. The molecule has 0 radical (unpaired) electrons. The lowest BCUT2D eigenvalue weighted by Gasteiger charge is -2.17. The van der Waals surface area contributed by atoms with Crippen LogP contribution < -0.4 is 5.32 Å². The summed E-state index contributed by atoms with van der Waals surface area (Å²) in [7, 11) is 1.82. The van der Waals surface area contributed by atoms with E-state index in [2.05, 4.69) is 26.4 Å². The first kappa shape index (κ1) is 20.9. The molecule has 166 valence electrons. The first-order chi connectivity index (χ1) is 15.9. The van der Waals surface area contributed by atoms with Crippen LogP contribution in [0.4, 0.5) is 10.2 Å². The van der Waals surface area contributed by atoms with E-state index in [9.17, 15) is 4.39 Å². The average Bonchev–Trinajstić information content (AvgIpc) is 3.39. The van der Waals surface area contributed by atoms with Crippen molar-refractivity contribution in [2.24, 2.45) is 7.05 Å². The molecule has 0 saturated carbocycles. The number of nitrogens with one attached hydrogen (secondary N) is 1. The van der Waals surface area contributed by atoms with Crippen LogP contribution >= 0.6 is 0 Å². The van der Waals surface area contributed by atoms with Gasteiger partial charge < -0.3 is 9.73 Å². The first-order valence-corrected chi connectivity index (χ1v) is 10.8. The van der Waals surface area contributed by atoms with Gasteiger partial charge >= 0.3 is 0 Å². The Hall–Kier alpha value is -4.00. The van der Waals surface area contributed by atoms with Crippen molar-refractivity contribution < 1.29 is 8.81 Å². The van der Waals surface area contributed by atoms with E-state index in [4.69, 9.17) is 4.42 Å². The number of hydrogen-bond acceptors (Lipinski definition) is 5. The molecular weight excluding hydrogens is 417 g/mol. The summed E-state index contributed by atoms with van der Waals surface area (Å²) in [6.07, 6.45) is 5.23. The predicted octanol–water partition coefficient (Wildman–Crippen LogP) is 6.22. The second kappa shape index (κ2) is 8.16. The summed E-state index contributed by atoms with van der Waals surface area (Å²) in [5.41, 5.74) is 5.99. The van der Waals surface area contributed by atoms with Crippen molar-refractivity contribution in [2.75, 3.05) is 5.32 Å². The second-order valence-corrected chi connectivity index (χ2v) is 8.32. The van der Waals surface area contributed by atoms with Crippen LogP contribution in [0.5, 0.6) is 0 Å². The van der Waals surface area contributed by atoms with Crippen molar-refractivity contribution in [1.82, 2.24) is 19.7 Å². The van der Waals surface area contributed by atoms with Gasteiger partial charge in [0, 0.05) is 47.4 Å². The average molecular weight is 442 g/mol. The molecule has 0 spiro atoms. The van der Waals surface area contributed by atoms with Gasteiger partial charge in [-0.1, -0.05) is 6.07 Å². The van der Waals surface area contributed by atoms with Crippen LogP contribution in [0.1, 0.15) is 29.9 Å². The summed E-state index contributed by atoms with van der Waals surface area (Å²) < 4.78 is 21.7. The zero-order valence-corrected chi connectivity index (χ0v) is 18.9. The van der Waals surface area contributed by atoms with Crippen LogP contribution in [0, 0.1) is 19.7 Å². The Labute approximate surface area is 191 Å². The fraction of sp³-hybridized carbons (Fsp3) is 0.192. The summed E-state index contributed by atoms with van der Waals surface area (Å²) in [6, 6.07) is 13.0. The smallest absolute Gasteiger partial charge is 0.134 e. The van der Waals surface area contributed by atoms with Crippen LogP contribution in [0.2, 0.25) is 0 Å². The molecule has 7 heteroatoms. The number of aromatic nitrogens is 4. The van der Waals surface area contributed by atoms with Crippen LogP contribution in [0.25, 0.3) is 33.4 Å². The van der Waals surface area contributed by atoms with Crippen molar-refractivity contribution in [3.63, 3.8) is 0 Å². The fourth-order valence-corrected chi connectivity index (χ4v) is 4.00. The Kier molecular flexibility index (Phi) is 5.17. The number of anilines is 1. The van der Waals surface area contributed by atoms with E-state index in [1.807, 2.05) is 52.1 Å². The number of hydrogen-bond donors (Lipinski definition) is 1. The lowest BCUT2D eigenvalue weighted by atomic mass is 10.0. The predicted molar refractivity (Wildman–Crippen MR) is 127 cm³/mol. The quantitative estimate of drug-likeness (QED) is 0.351. The van der Waals surface area contributed by atoms with Gasteiger partial charge in [-0.15, -0.1) is 0 Å². The minimum absolute atomic E-state index is 0.0956. The number of fused-ring (bicyclic) bond motifs is 1. The molecule has 1 atom stereocenters.